The molecule has 2 aromatic carbocycles. The maximum Gasteiger partial charge on any atom is 0.375 e. The van der Waals surface area contributed by atoms with Gasteiger partial charge in [0, 0.05) is 22.0 Å². The van der Waals surface area contributed by atoms with Crippen LogP contribution in [0.25, 0.3) is 11.0 Å². The number of ether oxygens (including phenoxy) is 3. The highest BCUT2D eigenvalue weighted by Gasteiger charge is 2.20. The molecule has 3 rings (SSSR count). The second-order valence-electron chi connectivity index (χ2n) is 6.56. The van der Waals surface area contributed by atoms with Gasteiger partial charge in [-0.3, -0.25) is 4.79 Å². The summed E-state index contributed by atoms with van der Waals surface area (Å²) in [7, 11) is 3.14. The average Bonchev–Trinajstić information content (AvgIpc) is 3.07. The molecule has 158 valence electrons. The molecular weight excluding hydrogens is 454 g/mol. The minimum atomic E-state index is -0.671. The van der Waals surface area contributed by atoms with Crippen LogP contribution in [0.4, 0.5) is 0 Å². The van der Waals surface area contributed by atoms with Gasteiger partial charge < -0.3 is 23.9 Å². The van der Waals surface area contributed by atoms with Crippen molar-refractivity contribution in [1.29, 1.82) is 0 Å². The third kappa shape index (κ3) is 4.94. The number of halogens is 1. The minimum absolute atomic E-state index is 0.0984. The van der Waals surface area contributed by atoms with Crippen LogP contribution in [0.1, 0.15) is 21.7 Å². The van der Waals surface area contributed by atoms with Gasteiger partial charge in [-0.05, 0) is 49.2 Å². The number of carbonyl (C=O) groups excluding carboxylic acids is 2. The molecule has 0 unspecified atom stereocenters. The summed E-state index contributed by atoms with van der Waals surface area (Å²) in [4.78, 5) is 24.3. The van der Waals surface area contributed by atoms with Crippen LogP contribution in [-0.2, 0) is 16.0 Å². The fourth-order valence-electron chi connectivity index (χ4n) is 3.02. The molecule has 1 amide bonds. The molecule has 0 bridgehead atoms. The van der Waals surface area contributed by atoms with Crippen LogP contribution in [0.3, 0.4) is 0 Å². The summed E-state index contributed by atoms with van der Waals surface area (Å²) >= 11 is 3.39. The number of hydrogen-bond donors (Lipinski definition) is 1. The fourth-order valence-corrected chi connectivity index (χ4v) is 3.38. The zero-order valence-electron chi connectivity index (χ0n) is 16.9. The fraction of sp³-hybridized carbons (Fsp3) is 0.273. The lowest BCUT2D eigenvalue weighted by atomic mass is 10.1. The topological polar surface area (TPSA) is 87.0 Å². The Morgan fingerprint density at radius 1 is 1.07 bits per heavy atom. The first-order chi connectivity index (χ1) is 14.4. The molecular formula is C22H22BrNO6. The lowest BCUT2D eigenvalue weighted by Gasteiger charge is -2.10. The maximum absolute atomic E-state index is 12.3. The van der Waals surface area contributed by atoms with Gasteiger partial charge in [0.25, 0.3) is 5.91 Å². The Labute approximate surface area is 182 Å². The quantitative estimate of drug-likeness (QED) is 0.494. The highest BCUT2D eigenvalue weighted by molar-refractivity contribution is 9.10. The van der Waals surface area contributed by atoms with E-state index in [0.717, 1.165) is 15.4 Å². The van der Waals surface area contributed by atoms with E-state index in [-0.39, 0.29) is 18.3 Å². The summed E-state index contributed by atoms with van der Waals surface area (Å²) in [6.45, 7) is 1.78. The second-order valence-corrected chi connectivity index (χ2v) is 7.48. The summed E-state index contributed by atoms with van der Waals surface area (Å²) in [5.74, 6) is 0.311. The van der Waals surface area contributed by atoms with E-state index in [4.69, 9.17) is 18.6 Å². The SMILES string of the molecule is COc1ccc(CCNC(=O)COC(=O)c2oc3ccc(Br)cc3c2C)cc1OC. The number of aryl methyl sites for hydroxylation is 1. The van der Waals surface area contributed by atoms with Crippen molar-refractivity contribution >= 4 is 38.8 Å². The maximum atomic E-state index is 12.3. The molecule has 0 saturated carbocycles. The van der Waals surface area contributed by atoms with Gasteiger partial charge in [-0.2, -0.15) is 0 Å². The molecule has 1 N–H and O–H groups in total. The van der Waals surface area contributed by atoms with Crippen molar-refractivity contribution < 1.29 is 28.2 Å². The number of rotatable bonds is 8. The Balaban J connectivity index is 1.50. The molecule has 0 spiro atoms. The Bertz CT molecular complexity index is 1070. The lowest BCUT2D eigenvalue weighted by Crippen LogP contribution is -2.30. The molecule has 3 aromatic rings. The van der Waals surface area contributed by atoms with Gasteiger partial charge in [0.15, 0.2) is 18.1 Å². The second kappa shape index (κ2) is 9.67. The van der Waals surface area contributed by atoms with E-state index in [1.54, 1.807) is 27.2 Å². The van der Waals surface area contributed by atoms with Gasteiger partial charge in [-0.25, -0.2) is 4.79 Å². The number of esters is 1. The number of hydrogen-bond acceptors (Lipinski definition) is 6. The Kier molecular flexibility index (Phi) is 6.99. The number of methoxy groups -OCH3 is 2. The van der Waals surface area contributed by atoms with Crippen molar-refractivity contribution in [3.05, 3.63) is 57.8 Å². The van der Waals surface area contributed by atoms with Gasteiger partial charge in [-0.1, -0.05) is 22.0 Å². The summed E-state index contributed by atoms with van der Waals surface area (Å²) in [5, 5.41) is 3.54. The molecule has 0 fully saturated rings. The summed E-state index contributed by atoms with van der Waals surface area (Å²) in [5.41, 5.74) is 2.24. The van der Waals surface area contributed by atoms with E-state index in [9.17, 15) is 9.59 Å². The van der Waals surface area contributed by atoms with Crippen molar-refractivity contribution in [2.24, 2.45) is 0 Å². The normalized spacial score (nSPS) is 10.7. The largest absolute Gasteiger partial charge is 0.493 e. The molecule has 7 nitrogen and oxygen atoms in total. The predicted octanol–water partition coefficient (Wildman–Crippen LogP) is 4.04. The van der Waals surface area contributed by atoms with Crippen LogP contribution in [0.5, 0.6) is 11.5 Å². The summed E-state index contributed by atoms with van der Waals surface area (Å²) in [6.07, 6.45) is 0.595. The molecule has 8 heteroatoms. The van der Waals surface area contributed by atoms with Crippen LogP contribution in [0.2, 0.25) is 0 Å². The third-order valence-electron chi connectivity index (χ3n) is 4.60. The van der Waals surface area contributed by atoms with E-state index in [1.165, 1.54) is 0 Å². The number of furan rings is 1. The van der Waals surface area contributed by atoms with E-state index < -0.39 is 5.97 Å². The molecule has 0 radical (unpaired) electrons. The van der Waals surface area contributed by atoms with Crippen molar-refractivity contribution in [3.63, 3.8) is 0 Å². The monoisotopic (exact) mass is 475 g/mol. The molecule has 1 aromatic heterocycles. The number of fused-ring (bicyclic) bond motifs is 1. The standard InChI is InChI=1S/C22H22BrNO6/c1-13-16-11-15(23)5-7-17(16)30-21(13)22(26)29-12-20(25)24-9-8-14-4-6-18(27-2)19(10-14)28-3/h4-7,10-11H,8-9,12H2,1-3H3,(H,24,25). The van der Waals surface area contributed by atoms with Crippen LogP contribution >= 0.6 is 15.9 Å². The van der Waals surface area contributed by atoms with Crippen LogP contribution in [0, 0.1) is 6.92 Å². The predicted molar refractivity (Wildman–Crippen MR) is 115 cm³/mol. The molecule has 0 aliphatic carbocycles. The molecule has 30 heavy (non-hydrogen) atoms. The highest BCUT2D eigenvalue weighted by Crippen LogP contribution is 2.29. The van der Waals surface area contributed by atoms with Crippen molar-refractivity contribution in [1.82, 2.24) is 5.32 Å². The number of benzene rings is 2. The van der Waals surface area contributed by atoms with Gasteiger partial charge >= 0.3 is 5.97 Å². The molecule has 1 heterocycles. The van der Waals surface area contributed by atoms with E-state index in [1.807, 2.05) is 30.3 Å². The third-order valence-corrected chi connectivity index (χ3v) is 5.10. The van der Waals surface area contributed by atoms with E-state index in [2.05, 4.69) is 21.2 Å². The number of carbonyl (C=O) groups is 2. The van der Waals surface area contributed by atoms with Crippen molar-refractivity contribution in [2.45, 2.75) is 13.3 Å². The van der Waals surface area contributed by atoms with Gasteiger partial charge in [0.1, 0.15) is 5.58 Å². The molecule has 0 aliphatic rings. The lowest BCUT2D eigenvalue weighted by molar-refractivity contribution is -0.124. The van der Waals surface area contributed by atoms with Crippen LogP contribution in [-0.4, -0.2) is 39.2 Å². The van der Waals surface area contributed by atoms with Crippen molar-refractivity contribution in [2.75, 3.05) is 27.4 Å². The number of amides is 1. The zero-order chi connectivity index (χ0) is 21.7. The van der Waals surface area contributed by atoms with Gasteiger partial charge in [0.2, 0.25) is 5.76 Å². The number of nitrogens with one attached hydrogen (secondary N) is 1. The van der Waals surface area contributed by atoms with Crippen LogP contribution < -0.4 is 14.8 Å². The molecule has 0 atom stereocenters. The average molecular weight is 476 g/mol. The van der Waals surface area contributed by atoms with E-state index in [0.29, 0.717) is 35.6 Å². The summed E-state index contributed by atoms with van der Waals surface area (Å²) in [6, 6.07) is 11.0. The summed E-state index contributed by atoms with van der Waals surface area (Å²) < 4.78 is 22.0. The molecule has 0 aliphatic heterocycles. The Hall–Kier alpha value is -3.00. The Morgan fingerprint density at radius 3 is 2.57 bits per heavy atom. The zero-order valence-corrected chi connectivity index (χ0v) is 18.5. The first-order valence-electron chi connectivity index (χ1n) is 9.26. The first kappa shape index (κ1) is 21.7. The van der Waals surface area contributed by atoms with Crippen molar-refractivity contribution in [3.8, 4) is 11.5 Å². The van der Waals surface area contributed by atoms with Crippen LogP contribution in [0.15, 0.2) is 45.3 Å². The highest BCUT2D eigenvalue weighted by atomic mass is 79.9. The van der Waals surface area contributed by atoms with Gasteiger partial charge in [0.05, 0.1) is 14.2 Å². The molecule has 0 saturated heterocycles. The minimum Gasteiger partial charge on any atom is -0.493 e. The smallest absolute Gasteiger partial charge is 0.375 e. The first-order valence-corrected chi connectivity index (χ1v) is 10.1. The van der Waals surface area contributed by atoms with E-state index >= 15 is 0 Å². The van der Waals surface area contributed by atoms with Gasteiger partial charge in [-0.15, -0.1) is 0 Å². The Morgan fingerprint density at radius 2 is 1.83 bits per heavy atom.